The van der Waals surface area contributed by atoms with Gasteiger partial charge in [0.2, 0.25) is 0 Å². The summed E-state index contributed by atoms with van der Waals surface area (Å²) < 4.78 is 5.24. The molecule has 0 aromatic carbocycles. The molecule has 1 aliphatic heterocycles. The minimum Gasteiger partial charge on any atom is -0.363 e. The quantitative estimate of drug-likeness (QED) is 0.929. The second-order valence-corrected chi connectivity index (χ2v) is 6.69. The fourth-order valence-corrected chi connectivity index (χ4v) is 3.70. The van der Waals surface area contributed by atoms with Crippen LogP contribution in [0.15, 0.2) is 16.9 Å². The Morgan fingerprint density at radius 1 is 1.27 bits per heavy atom. The van der Waals surface area contributed by atoms with E-state index < -0.39 is 0 Å². The van der Waals surface area contributed by atoms with E-state index in [0.717, 1.165) is 53.2 Å². The summed E-state index contributed by atoms with van der Waals surface area (Å²) >= 11 is 1.99. The number of hydrogen-bond acceptors (Lipinski definition) is 7. The van der Waals surface area contributed by atoms with Crippen molar-refractivity contribution in [1.29, 1.82) is 0 Å². The van der Waals surface area contributed by atoms with Crippen LogP contribution in [0.5, 0.6) is 0 Å². The summed E-state index contributed by atoms with van der Waals surface area (Å²) in [6.45, 7) is 8.07. The molecule has 1 N–H and O–H groups in total. The SMILES string of the molecule is Cc1noc(C)c1[C@H](C)Nc1cc(N2CCSCC2)ncn1. The summed E-state index contributed by atoms with van der Waals surface area (Å²) in [5, 5.41) is 7.43. The average molecular weight is 319 g/mol. The van der Waals surface area contributed by atoms with E-state index in [1.165, 1.54) is 0 Å². The molecule has 2 aromatic rings. The second-order valence-electron chi connectivity index (χ2n) is 5.46. The normalized spacial score (nSPS) is 16.6. The van der Waals surface area contributed by atoms with Crippen molar-refractivity contribution in [3.05, 3.63) is 29.4 Å². The molecule has 0 aliphatic carbocycles. The number of nitrogens with zero attached hydrogens (tertiary/aromatic N) is 4. The Kier molecular flexibility index (Phi) is 4.52. The highest BCUT2D eigenvalue weighted by atomic mass is 32.2. The Morgan fingerprint density at radius 3 is 2.73 bits per heavy atom. The van der Waals surface area contributed by atoms with Gasteiger partial charge in [-0.2, -0.15) is 11.8 Å². The van der Waals surface area contributed by atoms with Crippen LogP contribution in [0.3, 0.4) is 0 Å². The summed E-state index contributed by atoms with van der Waals surface area (Å²) in [6.07, 6.45) is 1.62. The zero-order chi connectivity index (χ0) is 15.5. The minimum atomic E-state index is 0.0888. The summed E-state index contributed by atoms with van der Waals surface area (Å²) in [7, 11) is 0. The first kappa shape index (κ1) is 15.1. The second kappa shape index (κ2) is 6.56. The van der Waals surface area contributed by atoms with Crippen LogP contribution < -0.4 is 10.2 Å². The van der Waals surface area contributed by atoms with Gasteiger partial charge in [-0.25, -0.2) is 9.97 Å². The van der Waals surface area contributed by atoms with E-state index in [-0.39, 0.29) is 6.04 Å². The molecule has 0 saturated carbocycles. The van der Waals surface area contributed by atoms with Crippen LogP contribution in [0.2, 0.25) is 0 Å². The molecule has 7 heteroatoms. The van der Waals surface area contributed by atoms with Crippen LogP contribution in [0.1, 0.15) is 30.0 Å². The Bertz CT molecular complexity index is 619. The molecule has 0 bridgehead atoms. The van der Waals surface area contributed by atoms with E-state index in [1.807, 2.05) is 31.7 Å². The number of anilines is 2. The Balaban J connectivity index is 1.75. The van der Waals surface area contributed by atoms with E-state index in [1.54, 1.807) is 6.33 Å². The van der Waals surface area contributed by atoms with Crippen molar-refractivity contribution in [2.45, 2.75) is 26.8 Å². The van der Waals surface area contributed by atoms with E-state index in [2.05, 4.69) is 32.3 Å². The van der Waals surface area contributed by atoms with Crippen molar-refractivity contribution in [3.8, 4) is 0 Å². The standard InChI is InChI=1S/C15H21N5OS/c1-10(15-11(2)19-21-12(15)3)18-13-8-14(17-9-16-13)20-4-6-22-7-5-20/h8-10H,4-7H2,1-3H3,(H,16,17,18)/t10-/m0/s1. The average Bonchev–Trinajstić information content (AvgIpc) is 2.87. The van der Waals surface area contributed by atoms with Crippen molar-refractivity contribution in [3.63, 3.8) is 0 Å². The molecule has 0 radical (unpaired) electrons. The van der Waals surface area contributed by atoms with Gasteiger partial charge in [0, 0.05) is 36.2 Å². The highest BCUT2D eigenvalue weighted by molar-refractivity contribution is 7.99. The fourth-order valence-electron chi connectivity index (χ4n) is 2.79. The molecule has 3 heterocycles. The maximum absolute atomic E-state index is 5.24. The van der Waals surface area contributed by atoms with Crippen LogP contribution in [0, 0.1) is 13.8 Å². The van der Waals surface area contributed by atoms with Crippen LogP contribution >= 0.6 is 11.8 Å². The summed E-state index contributed by atoms with van der Waals surface area (Å²) in [5.41, 5.74) is 2.01. The van der Waals surface area contributed by atoms with Gasteiger partial charge >= 0.3 is 0 Å². The molecule has 0 spiro atoms. The van der Waals surface area contributed by atoms with Gasteiger partial charge in [0.15, 0.2) is 0 Å². The molecule has 0 unspecified atom stereocenters. The summed E-state index contributed by atoms with van der Waals surface area (Å²) in [5.74, 6) is 4.98. The summed E-state index contributed by atoms with van der Waals surface area (Å²) in [4.78, 5) is 11.1. The summed E-state index contributed by atoms with van der Waals surface area (Å²) in [6, 6.07) is 2.11. The Labute approximate surface area is 134 Å². The topological polar surface area (TPSA) is 67.1 Å². The lowest BCUT2D eigenvalue weighted by molar-refractivity contribution is 0.392. The smallest absolute Gasteiger partial charge is 0.139 e. The van der Waals surface area contributed by atoms with Gasteiger partial charge in [-0.15, -0.1) is 0 Å². The molecule has 3 rings (SSSR count). The van der Waals surface area contributed by atoms with Crippen LogP contribution in [-0.4, -0.2) is 39.7 Å². The largest absolute Gasteiger partial charge is 0.363 e. The van der Waals surface area contributed by atoms with Gasteiger partial charge in [-0.3, -0.25) is 0 Å². The molecule has 2 aromatic heterocycles. The number of rotatable bonds is 4. The maximum Gasteiger partial charge on any atom is 0.139 e. The molecule has 118 valence electrons. The lowest BCUT2D eigenvalue weighted by Gasteiger charge is -2.27. The van der Waals surface area contributed by atoms with Crippen molar-refractivity contribution in [2.24, 2.45) is 0 Å². The van der Waals surface area contributed by atoms with Crippen molar-refractivity contribution >= 4 is 23.4 Å². The van der Waals surface area contributed by atoms with Gasteiger partial charge in [-0.1, -0.05) is 5.16 Å². The lowest BCUT2D eigenvalue weighted by atomic mass is 10.1. The van der Waals surface area contributed by atoms with Crippen LogP contribution in [0.4, 0.5) is 11.6 Å². The number of nitrogens with one attached hydrogen (secondary N) is 1. The van der Waals surface area contributed by atoms with E-state index in [0.29, 0.717) is 0 Å². The van der Waals surface area contributed by atoms with Gasteiger partial charge in [0.25, 0.3) is 0 Å². The van der Waals surface area contributed by atoms with Gasteiger partial charge in [0.05, 0.1) is 11.7 Å². The van der Waals surface area contributed by atoms with Crippen LogP contribution in [0.25, 0.3) is 0 Å². The molecular weight excluding hydrogens is 298 g/mol. The third-order valence-electron chi connectivity index (χ3n) is 3.87. The molecule has 0 amide bonds. The monoisotopic (exact) mass is 319 g/mol. The molecule has 1 saturated heterocycles. The van der Waals surface area contributed by atoms with Crippen molar-refractivity contribution in [2.75, 3.05) is 34.8 Å². The molecule has 6 nitrogen and oxygen atoms in total. The molecular formula is C15H21N5OS. The Morgan fingerprint density at radius 2 is 2.05 bits per heavy atom. The lowest BCUT2D eigenvalue weighted by Crippen LogP contribution is -2.33. The number of hydrogen-bond donors (Lipinski definition) is 1. The highest BCUT2D eigenvalue weighted by Crippen LogP contribution is 2.25. The van der Waals surface area contributed by atoms with Gasteiger partial charge < -0.3 is 14.7 Å². The number of aromatic nitrogens is 3. The minimum absolute atomic E-state index is 0.0888. The predicted octanol–water partition coefficient (Wildman–Crippen LogP) is 2.81. The Hall–Kier alpha value is -1.76. The van der Waals surface area contributed by atoms with Gasteiger partial charge in [-0.05, 0) is 20.8 Å². The molecule has 22 heavy (non-hydrogen) atoms. The molecule has 1 fully saturated rings. The maximum atomic E-state index is 5.24. The van der Waals surface area contributed by atoms with E-state index >= 15 is 0 Å². The highest BCUT2D eigenvalue weighted by Gasteiger charge is 2.18. The third kappa shape index (κ3) is 3.19. The number of thioether (sulfide) groups is 1. The fraction of sp³-hybridized carbons (Fsp3) is 0.533. The van der Waals surface area contributed by atoms with Crippen LogP contribution in [-0.2, 0) is 0 Å². The third-order valence-corrected chi connectivity index (χ3v) is 4.82. The number of aryl methyl sites for hydroxylation is 2. The molecule has 1 atom stereocenters. The predicted molar refractivity (Wildman–Crippen MR) is 89.6 cm³/mol. The first-order valence-electron chi connectivity index (χ1n) is 7.49. The van der Waals surface area contributed by atoms with Crippen molar-refractivity contribution < 1.29 is 4.52 Å². The van der Waals surface area contributed by atoms with E-state index in [4.69, 9.17) is 4.52 Å². The zero-order valence-electron chi connectivity index (χ0n) is 13.2. The first-order chi connectivity index (χ1) is 10.6. The zero-order valence-corrected chi connectivity index (χ0v) is 14.0. The van der Waals surface area contributed by atoms with E-state index in [9.17, 15) is 0 Å². The first-order valence-corrected chi connectivity index (χ1v) is 8.64. The van der Waals surface area contributed by atoms with Crippen molar-refractivity contribution in [1.82, 2.24) is 15.1 Å². The van der Waals surface area contributed by atoms with Gasteiger partial charge in [0.1, 0.15) is 23.7 Å². The molecule has 1 aliphatic rings.